The molecular formula is C7F12O3. The summed E-state index contributed by atoms with van der Waals surface area (Å²) in [6.45, 7) is 0. The van der Waals surface area contributed by atoms with Crippen LogP contribution in [0, 0.1) is 0 Å². The maximum Gasteiger partial charge on any atom is 0.483 e. The molecule has 1 unspecified atom stereocenters. The lowest BCUT2D eigenvalue weighted by Gasteiger charge is -2.31. The summed E-state index contributed by atoms with van der Waals surface area (Å²) in [4.78, 5) is 0. The van der Waals surface area contributed by atoms with Crippen LogP contribution in [0.4, 0.5) is 52.7 Å². The van der Waals surface area contributed by atoms with Gasteiger partial charge in [0, 0.05) is 0 Å². The van der Waals surface area contributed by atoms with Crippen LogP contribution >= 0.6 is 0 Å². The van der Waals surface area contributed by atoms with Gasteiger partial charge >= 0.3 is 42.4 Å². The van der Waals surface area contributed by atoms with E-state index in [1.54, 1.807) is 4.74 Å². The van der Waals surface area contributed by atoms with Gasteiger partial charge in [-0.2, -0.15) is 52.7 Å². The molecule has 0 aromatic heterocycles. The van der Waals surface area contributed by atoms with Crippen molar-refractivity contribution in [1.82, 2.24) is 0 Å². The molecule has 22 heavy (non-hydrogen) atoms. The minimum atomic E-state index is -6.86. The van der Waals surface area contributed by atoms with Gasteiger partial charge in [0.05, 0.1) is 0 Å². The van der Waals surface area contributed by atoms with Crippen LogP contribution in [0.5, 0.6) is 0 Å². The predicted molar refractivity (Wildman–Crippen MR) is 37.2 cm³/mol. The van der Waals surface area contributed by atoms with Gasteiger partial charge in [-0.3, -0.25) is 0 Å². The summed E-state index contributed by atoms with van der Waals surface area (Å²) in [6.07, 6.45) is -29.9. The molecule has 1 aliphatic heterocycles. The third-order valence-corrected chi connectivity index (χ3v) is 1.94. The number of hydrogen-bond acceptors (Lipinski definition) is 3. The zero-order chi connectivity index (χ0) is 17.8. The fourth-order valence-corrected chi connectivity index (χ4v) is 0.980. The van der Waals surface area contributed by atoms with Crippen molar-refractivity contribution in [1.29, 1.82) is 0 Å². The van der Waals surface area contributed by atoms with Gasteiger partial charge in [0.15, 0.2) is 0 Å². The van der Waals surface area contributed by atoms with E-state index < -0.39 is 42.4 Å². The van der Waals surface area contributed by atoms with Gasteiger partial charge in [-0.05, 0) is 0 Å². The normalized spacial score (nSPS) is 25.7. The van der Waals surface area contributed by atoms with E-state index in [0.29, 0.717) is 0 Å². The van der Waals surface area contributed by atoms with Gasteiger partial charge in [-0.25, -0.2) is 4.74 Å². The molecule has 15 heteroatoms. The van der Waals surface area contributed by atoms with Crippen LogP contribution in [0.1, 0.15) is 0 Å². The molecule has 1 aliphatic rings. The first-order chi connectivity index (χ1) is 9.47. The third kappa shape index (κ3) is 2.72. The molecule has 1 atom stereocenters. The maximum absolute atomic E-state index is 13.4. The molecule has 0 spiro atoms. The van der Waals surface area contributed by atoms with Gasteiger partial charge in [-0.15, -0.1) is 0 Å². The van der Waals surface area contributed by atoms with E-state index >= 15 is 0 Å². The van der Waals surface area contributed by atoms with Crippen molar-refractivity contribution >= 4 is 0 Å². The maximum atomic E-state index is 13.4. The SMILES string of the molecule is FC(F)=C1OC(F)(F)C(F)(C(F)(F)OC(F)(F)C(F)(F)F)O1. The molecular weight excluding hydrogens is 360 g/mol. The second-order valence-corrected chi connectivity index (χ2v) is 3.50. The first-order valence-electron chi connectivity index (χ1n) is 4.49. The summed E-state index contributed by atoms with van der Waals surface area (Å²) in [5, 5.41) is 0. The second kappa shape index (κ2) is 4.73. The molecule has 130 valence electrons. The van der Waals surface area contributed by atoms with Crippen LogP contribution in [0.25, 0.3) is 0 Å². The zero-order valence-electron chi connectivity index (χ0n) is 9.26. The number of ether oxygens (including phenoxy) is 3. The summed E-state index contributed by atoms with van der Waals surface area (Å²) in [5.74, 6) is -9.06. The van der Waals surface area contributed by atoms with Crippen molar-refractivity contribution in [2.45, 2.75) is 30.4 Å². The Bertz CT molecular complexity index is 478. The third-order valence-electron chi connectivity index (χ3n) is 1.94. The highest BCUT2D eigenvalue weighted by Gasteiger charge is 2.84. The molecule has 0 aromatic rings. The zero-order valence-corrected chi connectivity index (χ0v) is 9.26. The molecule has 0 aliphatic carbocycles. The highest BCUT2D eigenvalue weighted by Crippen LogP contribution is 2.56. The largest absolute Gasteiger partial charge is 0.483 e. The lowest BCUT2D eigenvalue weighted by atomic mass is 10.2. The molecule has 0 aromatic carbocycles. The molecule has 0 bridgehead atoms. The smallest absolute Gasteiger partial charge is 0.408 e. The monoisotopic (exact) mass is 360 g/mol. The van der Waals surface area contributed by atoms with E-state index in [1.807, 2.05) is 0 Å². The topological polar surface area (TPSA) is 27.7 Å². The average Bonchev–Trinajstić information content (AvgIpc) is 2.48. The molecule has 1 saturated heterocycles. The van der Waals surface area contributed by atoms with E-state index in [0.717, 1.165) is 0 Å². The van der Waals surface area contributed by atoms with E-state index in [1.165, 1.54) is 0 Å². The number of halogens is 12. The Balaban J connectivity index is 3.24. The molecule has 1 heterocycles. The Morgan fingerprint density at radius 3 is 1.64 bits per heavy atom. The van der Waals surface area contributed by atoms with E-state index in [-0.39, 0.29) is 0 Å². The van der Waals surface area contributed by atoms with Crippen molar-refractivity contribution < 1.29 is 66.9 Å². The Morgan fingerprint density at radius 2 is 1.32 bits per heavy atom. The number of hydrogen-bond donors (Lipinski definition) is 0. The molecule has 0 amide bonds. The highest BCUT2D eigenvalue weighted by molar-refractivity contribution is 5.02. The van der Waals surface area contributed by atoms with Gasteiger partial charge in [0.2, 0.25) is 0 Å². The van der Waals surface area contributed by atoms with Crippen LogP contribution in [-0.4, -0.2) is 30.4 Å². The first-order valence-corrected chi connectivity index (χ1v) is 4.49. The van der Waals surface area contributed by atoms with Crippen LogP contribution < -0.4 is 0 Å². The van der Waals surface area contributed by atoms with Crippen LogP contribution in [-0.2, 0) is 14.2 Å². The van der Waals surface area contributed by atoms with Gasteiger partial charge in [-0.1, -0.05) is 0 Å². The van der Waals surface area contributed by atoms with E-state index in [2.05, 4.69) is 9.47 Å². The van der Waals surface area contributed by atoms with Crippen molar-refractivity contribution in [2.24, 2.45) is 0 Å². The molecule has 3 nitrogen and oxygen atoms in total. The van der Waals surface area contributed by atoms with Gasteiger partial charge < -0.3 is 9.47 Å². The fraction of sp³-hybridized carbons (Fsp3) is 0.714. The summed E-state index contributed by atoms with van der Waals surface area (Å²) >= 11 is 0. The standard InChI is InChI=1S/C7F12O3/c8-1(9)2-20-3(10,5(14,15)21-2)6(16,17)22-7(18,19)4(11,12)13. The van der Waals surface area contributed by atoms with Crippen LogP contribution in [0.2, 0.25) is 0 Å². The lowest BCUT2D eigenvalue weighted by Crippen LogP contribution is -2.60. The second-order valence-electron chi connectivity index (χ2n) is 3.50. The summed E-state index contributed by atoms with van der Waals surface area (Å²) in [5.41, 5.74) is 0. The lowest BCUT2D eigenvalue weighted by molar-refractivity contribution is -0.510. The van der Waals surface area contributed by atoms with Crippen molar-refractivity contribution in [2.75, 3.05) is 0 Å². The first kappa shape index (κ1) is 18.5. The number of alkyl halides is 10. The van der Waals surface area contributed by atoms with Crippen LogP contribution in [0.15, 0.2) is 12.0 Å². The molecule has 1 rings (SSSR count). The van der Waals surface area contributed by atoms with Gasteiger partial charge in [0.1, 0.15) is 0 Å². The molecule has 1 fully saturated rings. The van der Waals surface area contributed by atoms with Crippen LogP contribution in [0.3, 0.4) is 0 Å². The average molecular weight is 360 g/mol. The minimum absolute atomic E-state index is 1.72. The van der Waals surface area contributed by atoms with Crippen molar-refractivity contribution in [3.63, 3.8) is 0 Å². The predicted octanol–water partition coefficient (Wildman–Crippen LogP) is 4.12. The molecule has 0 N–H and O–H groups in total. The van der Waals surface area contributed by atoms with Crippen molar-refractivity contribution in [3.05, 3.63) is 12.0 Å². The Kier molecular flexibility index (Phi) is 3.98. The Labute approximate surface area is 111 Å². The van der Waals surface area contributed by atoms with E-state index in [4.69, 9.17) is 0 Å². The highest BCUT2D eigenvalue weighted by atomic mass is 19.4. The Morgan fingerprint density at radius 1 is 0.864 bits per heavy atom. The van der Waals surface area contributed by atoms with Crippen molar-refractivity contribution in [3.8, 4) is 0 Å². The quantitative estimate of drug-likeness (QED) is 0.709. The minimum Gasteiger partial charge on any atom is -0.408 e. The number of rotatable bonds is 3. The molecule has 0 saturated carbocycles. The summed E-state index contributed by atoms with van der Waals surface area (Å²) in [6, 6.07) is 0. The Hall–Kier alpha value is -1.54. The summed E-state index contributed by atoms with van der Waals surface area (Å²) in [7, 11) is 0. The van der Waals surface area contributed by atoms with Gasteiger partial charge in [0.25, 0.3) is 0 Å². The van der Waals surface area contributed by atoms with E-state index in [9.17, 15) is 52.7 Å². The molecule has 0 radical (unpaired) electrons. The summed E-state index contributed by atoms with van der Waals surface area (Å²) < 4.78 is 155. The fourth-order valence-electron chi connectivity index (χ4n) is 0.980.